The van der Waals surface area contributed by atoms with Crippen molar-refractivity contribution in [3.8, 4) is 22.1 Å². The molecular formula is C15H21N3O2S. The minimum atomic E-state index is 0.485. The number of ether oxygens (including phenoxy) is 2. The largest absolute Gasteiger partial charge is 0.497 e. The molecule has 0 atom stereocenters. The normalized spacial score (nSPS) is 10.9. The summed E-state index contributed by atoms with van der Waals surface area (Å²) in [6, 6.07) is 6.20. The van der Waals surface area contributed by atoms with Gasteiger partial charge in [0.15, 0.2) is 5.01 Å². The molecule has 6 heteroatoms. The summed E-state index contributed by atoms with van der Waals surface area (Å²) in [5, 5.41) is 13.8. The predicted octanol–water partition coefficient (Wildman–Crippen LogP) is 2.76. The highest BCUT2D eigenvalue weighted by atomic mass is 32.1. The Balaban J connectivity index is 2.13. The molecule has 1 heterocycles. The topological polar surface area (TPSA) is 56.3 Å². The monoisotopic (exact) mass is 307 g/mol. The molecule has 0 aliphatic rings. The number of rotatable bonds is 7. The van der Waals surface area contributed by atoms with Gasteiger partial charge < -0.3 is 14.8 Å². The number of nitrogens with one attached hydrogen (secondary N) is 1. The Hall–Kier alpha value is -1.66. The van der Waals surface area contributed by atoms with Gasteiger partial charge >= 0.3 is 0 Å². The van der Waals surface area contributed by atoms with Crippen molar-refractivity contribution in [1.29, 1.82) is 0 Å². The van der Waals surface area contributed by atoms with E-state index in [9.17, 15) is 0 Å². The summed E-state index contributed by atoms with van der Waals surface area (Å²) in [7, 11) is 3.28. The maximum Gasteiger partial charge on any atom is 0.151 e. The summed E-state index contributed by atoms with van der Waals surface area (Å²) >= 11 is 1.60. The Morgan fingerprint density at radius 1 is 1.19 bits per heavy atom. The Bertz CT molecular complexity index is 584. The van der Waals surface area contributed by atoms with E-state index in [4.69, 9.17) is 9.47 Å². The summed E-state index contributed by atoms with van der Waals surface area (Å²) in [6.45, 7) is 5.17. The van der Waals surface area contributed by atoms with Gasteiger partial charge in [-0.25, -0.2) is 0 Å². The summed E-state index contributed by atoms with van der Waals surface area (Å²) in [4.78, 5) is 0. The Morgan fingerprint density at radius 2 is 2.00 bits per heavy atom. The van der Waals surface area contributed by atoms with E-state index in [0.29, 0.717) is 6.04 Å². The molecule has 0 amide bonds. The van der Waals surface area contributed by atoms with E-state index < -0.39 is 0 Å². The van der Waals surface area contributed by atoms with Crippen molar-refractivity contribution in [3.05, 3.63) is 23.2 Å². The molecule has 0 bridgehead atoms. The lowest BCUT2D eigenvalue weighted by Gasteiger charge is -2.07. The number of hydrogen-bond acceptors (Lipinski definition) is 6. The van der Waals surface area contributed by atoms with Crippen LogP contribution in [0.3, 0.4) is 0 Å². The average molecular weight is 307 g/mol. The molecular weight excluding hydrogens is 286 g/mol. The van der Waals surface area contributed by atoms with Gasteiger partial charge in [0.25, 0.3) is 0 Å². The second-order valence-electron chi connectivity index (χ2n) is 4.93. The maximum absolute atomic E-state index is 5.41. The van der Waals surface area contributed by atoms with Gasteiger partial charge in [-0.15, -0.1) is 10.2 Å². The standard InChI is InChI=1S/C15H21N3O2S/c1-10(2)16-8-7-14-17-18-15(21-14)12-6-5-11(19-3)9-13(12)20-4/h5-6,9-10,16H,7-8H2,1-4H3. The van der Waals surface area contributed by atoms with Gasteiger partial charge in [0.2, 0.25) is 0 Å². The second-order valence-corrected chi connectivity index (χ2v) is 5.99. The molecule has 2 rings (SSSR count). The van der Waals surface area contributed by atoms with Crippen molar-refractivity contribution < 1.29 is 9.47 Å². The van der Waals surface area contributed by atoms with E-state index in [1.807, 2.05) is 18.2 Å². The average Bonchev–Trinajstić information content (AvgIpc) is 2.94. The Kier molecular flexibility index (Phi) is 5.52. The van der Waals surface area contributed by atoms with Crippen LogP contribution in [-0.4, -0.2) is 37.0 Å². The third-order valence-electron chi connectivity index (χ3n) is 3.00. The van der Waals surface area contributed by atoms with Crippen molar-refractivity contribution in [2.24, 2.45) is 0 Å². The number of aromatic nitrogens is 2. The maximum atomic E-state index is 5.41. The summed E-state index contributed by atoms with van der Waals surface area (Å²) in [5.41, 5.74) is 0.943. The molecule has 0 spiro atoms. The lowest BCUT2D eigenvalue weighted by Crippen LogP contribution is -2.24. The van der Waals surface area contributed by atoms with Gasteiger partial charge in [-0.1, -0.05) is 25.2 Å². The minimum absolute atomic E-state index is 0.485. The van der Waals surface area contributed by atoms with Crippen LogP contribution in [-0.2, 0) is 6.42 Å². The first-order valence-corrected chi connectivity index (χ1v) is 7.74. The number of hydrogen-bond donors (Lipinski definition) is 1. The van der Waals surface area contributed by atoms with Crippen LogP contribution in [0.2, 0.25) is 0 Å². The molecule has 1 N–H and O–H groups in total. The van der Waals surface area contributed by atoms with Gasteiger partial charge in [0.1, 0.15) is 16.5 Å². The number of methoxy groups -OCH3 is 2. The van der Waals surface area contributed by atoms with E-state index in [1.165, 1.54) is 0 Å². The molecule has 0 saturated carbocycles. The van der Waals surface area contributed by atoms with Crippen LogP contribution in [0.4, 0.5) is 0 Å². The van der Waals surface area contributed by atoms with Crippen LogP contribution in [0.25, 0.3) is 10.6 Å². The number of nitrogens with zero attached hydrogens (tertiary/aromatic N) is 2. The van der Waals surface area contributed by atoms with Gasteiger partial charge in [-0.2, -0.15) is 0 Å². The van der Waals surface area contributed by atoms with Crippen molar-refractivity contribution in [2.45, 2.75) is 26.3 Å². The molecule has 1 aromatic heterocycles. The minimum Gasteiger partial charge on any atom is -0.497 e. The Morgan fingerprint density at radius 3 is 2.67 bits per heavy atom. The van der Waals surface area contributed by atoms with Gasteiger partial charge in [0.05, 0.1) is 19.8 Å². The first-order chi connectivity index (χ1) is 10.1. The third kappa shape index (κ3) is 4.15. The fourth-order valence-electron chi connectivity index (χ4n) is 1.91. The van der Waals surface area contributed by atoms with Crippen LogP contribution in [0.15, 0.2) is 18.2 Å². The lowest BCUT2D eigenvalue weighted by atomic mass is 10.2. The highest BCUT2D eigenvalue weighted by Gasteiger charge is 2.12. The summed E-state index contributed by atoms with van der Waals surface area (Å²) in [6.07, 6.45) is 0.883. The molecule has 2 aromatic rings. The number of benzene rings is 1. The fourth-order valence-corrected chi connectivity index (χ4v) is 2.78. The molecule has 114 valence electrons. The van der Waals surface area contributed by atoms with Gasteiger partial charge in [0, 0.05) is 25.1 Å². The van der Waals surface area contributed by atoms with Crippen LogP contribution in [0.5, 0.6) is 11.5 Å². The predicted molar refractivity (Wildman–Crippen MR) is 85.3 cm³/mol. The molecule has 5 nitrogen and oxygen atoms in total. The van der Waals surface area contributed by atoms with Crippen LogP contribution < -0.4 is 14.8 Å². The molecule has 0 aliphatic heterocycles. The smallest absolute Gasteiger partial charge is 0.151 e. The van der Waals surface area contributed by atoms with Crippen molar-refractivity contribution in [3.63, 3.8) is 0 Å². The van der Waals surface area contributed by atoms with Crippen molar-refractivity contribution in [1.82, 2.24) is 15.5 Å². The first kappa shape index (κ1) is 15.7. The zero-order chi connectivity index (χ0) is 15.2. The molecule has 0 saturated heterocycles. The summed E-state index contributed by atoms with van der Waals surface area (Å²) in [5.74, 6) is 1.51. The first-order valence-electron chi connectivity index (χ1n) is 6.92. The highest BCUT2D eigenvalue weighted by Crippen LogP contribution is 2.34. The van der Waals surface area contributed by atoms with Crippen LogP contribution in [0, 0.1) is 0 Å². The highest BCUT2D eigenvalue weighted by molar-refractivity contribution is 7.14. The van der Waals surface area contributed by atoms with E-state index >= 15 is 0 Å². The van der Waals surface area contributed by atoms with E-state index in [0.717, 1.165) is 40.0 Å². The van der Waals surface area contributed by atoms with Crippen molar-refractivity contribution >= 4 is 11.3 Å². The zero-order valence-corrected chi connectivity index (χ0v) is 13.7. The zero-order valence-electron chi connectivity index (χ0n) is 12.8. The summed E-state index contributed by atoms with van der Waals surface area (Å²) < 4.78 is 10.6. The fraction of sp³-hybridized carbons (Fsp3) is 0.467. The molecule has 0 aliphatic carbocycles. The Labute approximate surface area is 129 Å². The molecule has 0 radical (unpaired) electrons. The third-order valence-corrected chi connectivity index (χ3v) is 4.01. The van der Waals surface area contributed by atoms with E-state index in [1.54, 1.807) is 25.6 Å². The molecule has 0 fully saturated rings. The second kappa shape index (κ2) is 7.38. The van der Waals surface area contributed by atoms with E-state index in [2.05, 4.69) is 29.4 Å². The van der Waals surface area contributed by atoms with E-state index in [-0.39, 0.29) is 0 Å². The van der Waals surface area contributed by atoms with Gasteiger partial charge in [-0.3, -0.25) is 0 Å². The molecule has 1 aromatic carbocycles. The quantitative estimate of drug-likeness (QED) is 0.852. The van der Waals surface area contributed by atoms with Crippen LogP contribution in [0.1, 0.15) is 18.9 Å². The molecule has 0 unspecified atom stereocenters. The molecule has 21 heavy (non-hydrogen) atoms. The van der Waals surface area contributed by atoms with Crippen LogP contribution >= 0.6 is 11.3 Å². The van der Waals surface area contributed by atoms with Gasteiger partial charge in [-0.05, 0) is 12.1 Å². The SMILES string of the molecule is COc1ccc(-c2nnc(CCNC(C)C)s2)c(OC)c1. The van der Waals surface area contributed by atoms with Crippen molar-refractivity contribution in [2.75, 3.05) is 20.8 Å². The lowest BCUT2D eigenvalue weighted by molar-refractivity contribution is 0.395.